The molecule has 28 heavy (non-hydrogen) atoms. The molecule has 0 radical (unpaired) electrons. The van der Waals surface area contributed by atoms with Crippen LogP contribution in [0.25, 0.3) is 0 Å². The molecule has 0 aliphatic rings. The molecule has 5 heteroatoms. The molecule has 0 fully saturated rings. The van der Waals surface area contributed by atoms with E-state index in [9.17, 15) is 0 Å². The van der Waals surface area contributed by atoms with E-state index in [2.05, 4.69) is 82.7 Å². The van der Waals surface area contributed by atoms with Gasteiger partial charge in [-0.15, -0.1) is 22.7 Å². The maximum Gasteiger partial charge on any atom is 0.109 e. The Labute approximate surface area is 177 Å². The van der Waals surface area contributed by atoms with Gasteiger partial charge in [-0.05, 0) is 28.8 Å². The van der Waals surface area contributed by atoms with Gasteiger partial charge < -0.3 is 4.57 Å². The van der Waals surface area contributed by atoms with Gasteiger partial charge in [0.05, 0.1) is 5.51 Å². The first-order valence-electron chi connectivity index (χ1n) is 9.88. The second-order valence-electron chi connectivity index (χ2n) is 10.2. The summed E-state index contributed by atoms with van der Waals surface area (Å²) in [5, 5.41) is 2.33. The molecule has 0 bridgehead atoms. The van der Waals surface area contributed by atoms with Crippen molar-refractivity contribution < 1.29 is 0 Å². The van der Waals surface area contributed by atoms with Gasteiger partial charge in [0.1, 0.15) is 5.82 Å². The molecular weight excluding hydrogens is 382 g/mol. The minimum atomic E-state index is 0.0326. The molecule has 0 amide bonds. The minimum absolute atomic E-state index is 0.0326. The highest BCUT2D eigenvalue weighted by Gasteiger charge is 2.30. The average molecular weight is 416 g/mol. The lowest BCUT2D eigenvalue weighted by molar-refractivity contribution is 0.467. The molecule has 3 nitrogen and oxygen atoms in total. The first-order chi connectivity index (χ1) is 12.9. The van der Waals surface area contributed by atoms with Crippen LogP contribution < -0.4 is 0 Å². The van der Waals surface area contributed by atoms with Crippen LogP contribution in [-0.2, 0) is 36.1 Å². The van der Waals surface area contributed by atoms with E-state index in [1.165, 1.54) is 21.0 Å². The van der Waals surface area contributed by atoms with E-state index in [4.69, 9.17) is 4.98 Å². The summed E-state index contributed by atoms with van der Waals surface area (Å²) >= 11 is 3.61. The van der Waals surface area contributed by atoms with Crippen molar-refractivity contribution in [2.45, 2.75) is 77.6 Å². The second-order valence-corrected chi connectivity index (χ2v) is 12.0. The fraction of sp³-hybridized carbons (Fsp3) is 0.565. The summed E-state index contributed by atoms with van der Waals surface area (Å²) in [6.45, 7) is 16.1. The first kappa shape index (κ1) is 21.3. The zero-order chi connectivity index (χ0) is 20.7. The van der Waals surface area contributed by atoms with Crippen LogP contribution >= 0.6 is 22.7 Å². The van der Waals surface area contributed by atoms with Crippen LogP contribution in [0.4, 0.5) is 0 Å². The molecule has 3 aromatic heterocycles. The Morgan fingerprint density at radius 3 is 2.18 bits per heavy atom. The third kappa shape index (κ3) is 4.41. The number of aromatic nitrogens is 3. The summed E-state index contributed by atoms with van der Waals surface area (Å²) in [6.07, 6.45) is 6.00. The van der Waals surface area contributed by atoms with Crippen LogP contribution in [0.15, 0.2) is 29.4 Å². The lowest BCUT2D eigenvalue weighted by Crippen LogP contribution is -2.26. The third-order valence-corrected chi connectivity index (χ3v) is 8.06. The monoisotopic (exact) mass is 415 g/mol. The molecule has 0 saturated heterocycles. The SMILES string of the molecule is Cn1c(C(C)(C)Cc2csc(C(C)(C)C)c2)cnc1CC(C)(C)c1cncs1. The standard InChI is InChI=1S/C23H33N3S2/c1-21(2,3)18-9-16(14-27-18)10-22(4,5)17-12-25-20(26(17)8)11-23(6,7)19-13-24-15-28-19/h9,12-15H,10-11H2,1-8H3. The smallest absolute Gasteiger partial charge is 0.109 e. The quantitative estimate of drug-likeness (QED) is 0.474. The molecule has 0 N–H and O–H groups in total. The van der Waals surface area contributed by atoms with Gasteiger partial charge in [-0.3, -0.25) is 4.98 Å². The molecule has 0 aromatic carbocycles. The number of rotatable bonds is 6. The van der Waals surface area contributed by atoms with Crippen LogP contribution in [-0.4, -0.2) is 14.5 Å². The van der Waals surface area contributed by atoms with E-state index in [-0.39, 0.29) is 16.2 Å². The van der Waals surface area contributed by atoms with Crippen LogP contribution in [0.3, 0.4) is 0 Å². The summed E-state index contributed by atoms with van der Waals surface area (Å²) in [6, 6.07) is 2.39. The van der Waals surface area contributed by atoms with Gasteiger partial charge in [0, 0.05) is 52.1 Å². The van der Waals surface area contributed by atoms with Gasteiger partial charge in [0.15, 0.2) is 0 Å². The van der Waals surface area contributed by atoms with E-state index < -0.39 is 0 Å². The summed E-state index contributed by atoms with van der Waals surface area (Å²) < 4.78 is 2.31. The predicted octanol–water partition coefficient (Wildman–Crippen LogP) is 6.28. The fourth-order valence-corrected chi connectivity index (χ4v) is 5.49. The maximum atomic E-state index is 4.81. The average Bonchev–Trinajstić information content (AvgIpc) is 3.28. The number of hydrogen-bond acceptors (Lipinski definition) is 4. The molecule has 0 aliphatic carbocycles. The van der Waals surface area contributed by atoms with Crippen molar-refractivity contribution in [1.82, 2.24) is 14.5 Å². The number of imidazole rings is 1. The van der Waals surface area contributed by atoms with E-state index in [1.54, 1.807) is 11.3 Å². The molecule has 3 rings (SSSR count). The van der Waals surface area contributed by atoms with E-state index in [1.807, 2.05) is 23.0 Å². The predicted molar refractivity (Wildman–Crippen MR) is 122 cm³/mol. The van der Waals surface area contributed by atoms with E-state index in [0.29, 0.717) is 0 Å². The maximum absolute atomic E-state index is 4.81. The molecule has 0 spiro atoms. The normalized spacial score (nSPS) is 13.3. The zero-order valence-corrected chi connectivity index (χ0v) is 20.1. The molecule has 3 heterocycles. The highest BCUT2D eigenvalue weighted by Crippen LogP contribution is 2.35. The molecule has 0 atom stereocenters. The number of thiazole rings is 1. The highest BCUT2D eigenvalue weighted by molar-refractivity contribution is 7.10. The molecule has 152 valence electrons. The Kier molecular flexibility index (Phi) is 5.63. The lowest BCUT2D eigenvalue weighted by Gasteiger charge is -2.27. The molecule has 3 aromatic rings. The van der Waals surface area contributed by atoms with Gasteiger partial charge in [-0.1, -0.05) is 48.5 Å². The Morgan fingerprint density at radius 2 is 1.61 bits per heavy atom. The molecule has 0 unspecified atom stereocenters. The van der Waals surface area contributed by atoms with Crippen molar-refractivity contribution >= 4 is 22.7 Å². The number of thiophene rings is 1. The van der Waals surface area contributed by atoms with Crippen LogP contribution in [0.2, 0.25) is 0 Å². The van der Waals surface area contributed by atoms with Gasteiger partial charge in [0.25, 0.3) is 0 Å². The number of nitrogens with zero attached hydrogens (tertiary/aromatic N) is 3. The Morgan fingerprint density at radius 1 is 0.893 bits per heavy atom. The summed E-state index contributed by atoms with van der Waals surface area (Å²) in [4.78, 5) is 11.8. The Balaban J connectivity index is 1.81. The van der Waals surface area contributed by atoms with Crippen molar-refractivity contribution in [3.63, 3.8) is 0 Å². The first-order valence-corrected chi connectivity index (χ1v) is 11.6. The van der Waals surface area contributed by atoms with Gasteiger partial charge in [-0.25, -0.2) is 4.98 Å². The van der Waals surface area contributed by atoms with Crippen LogP contribution in [0.1, 0.15) is 75.3 Å². The zero-order valence-electron chi connectivity index (χ0n) is 18.5. The summed E-state index contributed by atoms with van der Waals surface area (Å²) in [5.41, 5.74) is 4.92. The second kappa shape index (κ2) is 7.42. The van der Waals surface area contributed by atoms with Gasteiger partial charge in [-0.2, -0.15) is 0 Å². The van der Waals surface area contributed by atoms with Crippen molar-refractivity contribution in [2.24, 2.45) is 7.05 Å². The van der Waals surface area contributed by atoms with E-state index >= 15 is 0 Å². The van der Waals surface area contributed by atoms with Crippen molar-refractivity contribution in [2.75, 3.05) is 0 Å². The molecular formula is C23H33N3S2. The molecule has 0 aliphatic heterocycles. The molecule has 0 saturated carbocycles. The van der Waals surface area contributed by atoms with Gasteiger partial charge >= 0.3 is 0 Å². The third-order valence-electron chi connectivity index (χ3n) is 5.52. The van der Waals surface area contributed by atoms with Crippen LogP contribution in [0, 0.1) is 0 Å². The van der Waals surface area contributed by atoms with Crippen molar-refractivity contribution in [3.8, 4) is 0 Å². The van der Waals surface area contributed by atoms with Crippen molar-refractivity contribution in [3.05, 3.63) is 56.2 Å². The Hall–Kier alpha value is -1.46. The fourth-order valence-electron chi connectivity index (χ4n) is 3.74. The lowest BCUT2D eigenvalue weighted by atomic mass is 9.82. The highest BCUT2D eigenvalue weighted by atomic mass is 32.1. The summed E-state index contributed by atoms with van der Waals surface area (Å²) in [7, 11) is 2.16. The summed E-state index contributed by atoms with van der Waals surface area (Å²) in [5.74, 6) is 1.14. The minimum Gasteiger partial charge on any atom is -0.335 e. The Bertz CT molecular complexity index is 922. The topological polar surface area (TPSA) is 30.7 Å². The van der Waals surface area contributed by atoms with Crippen molar-refractivity contribution in [1.29, 1.82) is 0 Å². The largest absolute Gasteiger partial charge is 0.335 e. The number of hydrogen-bond donors (Lipinski definition) is 0. The van der Waals surface area contributed by atoms with Crippen LogP contribution in [0.5, 0.6) is 0 Å². The van der Waals surface area contributed by atoms with Gasteiger partial charge in [0.2, 0.25) is 0 Å². The van der Waals surface area contributed by atoms with E-state index in [0.717, 1.165) is 18.7 Å².